The molecule has 0 spiro atoms. The van der Waals surface area contributed by atoms with E-state index in [-0.39, 0.29) is 41.2 Å². The van der Waals surface area contributed by atoms with Gasteiger partial charge in [-0.05, 0) is 78.7 Å². The van der Waals surface area contributed by atoms with Gasteiger partial charge in [-0.15, -0.1) is 0 Å². The quantitative estimate of drug-likeness (QED) is 0.111. The molecule has 6 atom stereocenters. The molecule has 2 aliphatic heterocycles. The Morgan fingerprint density at radius 1 is 0.839 bits per heavy atom. The Balaban J connectivity index is 1.29. The summed E-state index contributed by atoms with van der Waals surface area (Å²) in [5.74, 6) is -5.47. The van der Waals surface area contributed by atoms with Crippen LogP contribution in [0, 0.1) is 36.5 Å². The summed E-state index contributed by atoms with van der Waals surface area (Å²) in [5, 5.41) is 31.4. The Morgan fingerprint density at radius 2 is 1.54 bits per heavy atom. The minimum Gasteiger partial charge on any atom is -0.502 e. The van der Waals surface area contributed by atoms with Crippen molar-refractivity contribution in [2.24, 2.45) is 29.6 Å². The molecule has 4 amide bonds. The van der Waals surface area contributed by atoms with E-state index in [1.54, 1.807) is 42.5 Å². The minimum atomic E-state index is -1.80. The highest BCUT2D eigenvalue weighted by molar-refractivity contribution is 6.58. The first kappa shape index (κ1) is 36.8. The van der Waals surface area contributed by atoms with Gasteiger partial charge < -0.3 is 24.6 Å². The number of aromatic hydroxyl groups is 1. The van der Waals surface area contributed by atoms with Gasteiger partial charge in [0.05, 0.1) is 48.8 Å². The van der Waals surface area contributed by atoms with Crippen molar-refractivity contribution in [2.45, 2.75) is 25.2 Å². The molecule has 2 saturated heterocycles. The van der Waals surface area contributed by atoms with Gasteiger partial charge in [-0.3, -0.25) is 29.5 Å². The van der Waals surface area contributed by atoms with Gasteiger partial charge >= 0.3 is 7.12 Å². The SMILES string of the molecule is COc1cc(C=C[C@H]2C3=CC[C@@H]4C(=O)N(c5cccc(B(O)O)c5)C(=O)[C@@H]4[C@@H]3C[C@H]3C(=O)N(Nc4ccc(C)cc4)C(=O)[C@@]23c2ccccc2)cc(OC)c1O. The zero-order chi connectivity index (χ0) is 39.5. The van der Waals surface area contributed by atoms with Gasteiger partial charge in [0.2, 0.25) is 17.6 Å². The highest BCUT2D eigenvalue weighted by Crippen LogP contribution is 2.61. The third kappa shape index (κ3) is 5.68. The van der Waals surface area contributed by atoms with Crippen LogP contribution < -0.4 is 25.3 Å². The Hall–Kier alpha value is -6.18. The first-order valence-corrected chi connectivity index (χ1v) is 18.4. The Kier molecular flexibility index (Phi) is 9.30. The van der Waals surface area contributed by atoms with Crippen molar-refractivity contribution in [3.05, 3.63) is 125 Å². The van der Waals surface area contributed by atoms with Crippen molar-refractivity contribution in [1.29, 1.82) is 0 Å². The van der Waals surface area contributed by atoms with Crippen LogP contribution in [0.2, 0.25) is 0 Å². The first-order valence-electron chi connectivity index (χ1n) is 18.4. The van der Waals surface area contributed by atoms with Crippen LogP contribution in [-0.2, 0) is 24.6 Å². The number of hydrogen-bond donors (Lipinski definition) is 4. The van der Waals surface area contributed by atoms with Crippen LogP contribution in [0.4, 0.5) is 11.4 Å². The molecule has 56 heavy (non-hydrogen) atoms. The summed E-state index contributed by atoms with van der Waals surface area (Å²) in [6.45, 7) is 1.94. The third-order valence-corrected chi connectivity index (χ3v) is 11.9. The highest BCUT2D eigenvalue weighted by Gasteiger charge is 2.69. The van der Waals surface area contributed by atoms with Gasteiger partial charge in [0.1, 0.15) is 0 Å². The molecule has 2 aliphatic carbocycles. The molecule has 12 nitrogen and oxygen atoms in total. The number of nitrogens with zero attached hydrogens (tertiary/aromatic N) is 2. The maximum Gasteiger partial charge on any atom is 0.488 e. The fourth-order valence-corrected chi connectivity index (χ4v) is 9.29. The third-order valence-electron chi connectivity index (χ3n) is 11.9. The fourth-order valence-electron chi connectivity index (χ4n) is 9.29. The second kappa shape index (κ2) is 14.2. The predicted molar refractivity (Wildman–Crippen MR) is 209 cm³/mol. The molecular weight excluding hydrogens is 713 g/mol. The van der Waals surface area contributed by atoms with Crippen LogP contribution in [0.1, 0.15) is 29.5 Å². The zero-order valence-corrected chi connectivity index (χ0v) is 31.0. The van der Waals surface area contributed by atoms with Gasteiger partial charge in [0.25, 0.3) is 11.8 Å². The summed E-state index contributed by atoms with van der Waals surface area (Å²) in [6, 6.07) is 25.9. The number of carbonyl (C=O) groups is 4. The number of aryl methyl sites for hydroxylation is 1. The molecule has 284 valence electrons. The lowest BCUT2D eigenvalue weighted by Crippen LogP contribution is -2.54. The molecule has 4 aromatic carbocycles. The Bertz CT molecular complexity index is 2290. The molecule has 8 rings (SSSR count). The van der Waals surface area contributed by atoms with Crippen molar-refractivity contribution in [3.8, 4) is 17.2 Å². The number of nitrogens with one attached hydrogen (secondary N) is 1. The van der Waals surface area contributed by atoms with E-state index < -0.39 is 65.8 Å². The molecular formula is C43H40BN3O9. The number of phenolic OH excluding ortho intramolecular Hbond substituents is 1. The van der Waals surface area contributed by atoms with Crippen LogP contribution in [0.25, 0.3) is 6.08 Å². The summed E-state index contributed by atoms with van der Waals surface area (Å²) in [6.07, 6.45) is 5.95. The van der Waals surface area contributed by atoms with Crippen LogP contribution in [0.15, 0.2) is 109 Å². The van der Waals surface area contributed by atoms with Crippen LogP contribution >= 0.6 is 0 Å². The number of carbonyl (C=O) groups excluding carboxylic acids is 4. The van der Waals surface area contributed by atoms with E-state index in [0.717, 1.165) is 21.0 Å². The lowest BCUT2D eigenvalue weighted by atomic mass is 9.50. The number of phenols is 1. The van der Waals surface area contributed by atoms with Gasteiger partial charge in [-0.25, -0.2) is 0 Å². The number of amides is 4. The molecule has 0 radical (unpaired) electrons. The predicted octanol–water partition coefficient (Wildman–Crippen LogP) is 4.13. The number of hydrazine groups is 1. The summed E-state index contributed by atoms with van der Waals surface area (Å²) >= 11 is 0. The maximum absolute atomic E-state index is 15.3. The number of fused-ring (bicyclic) bond motifs is 4. The molecule has 4 N–H and O–H groups in total. The number of hydrogen-bond acceptors (Lipinski definition) is 10. The molecule has 3 fully saturated rings. The fraction of sp³-hybridized carbons (Fsp3) is 0.256. The largest absolute Gasteiger partial charge is 0.502 e. The van der Waals surface area contributed by atoms with Gasteiger partial charge in [-0.1, -0.05) is 84.0 Å². The van der Waals surface area contributed by atoms with Gasteiger partial charge in [0.15, 0.2) is 11.5 Å². The maximum atomic E-state index is 15.3. The van der Waals surface area contributed by atoms with Gasteiger partial charge in [-0.2, -0.15) is 5.01 Å². The summed E-state index contributed by atoms with van der Waals surface area (Å²) < 4.78 is 10.8. The van der Waals surface area contributed by atoms with Crippen molar-refractivity contribution in [3.63, 3.8) is 0 Å². The number of anilines is 2. The van der Waals surface area contributed by atoms with E-state index >= 15 is 4.79 Å². The molecule has 0 unspecified atom stereocenters. The molecule has 4 aromatic rings. The smallest absolute Gasteiger partial charge is 0.488 e. The first-order chi connectivity index (χ1) is 27.0. The van der Waals surface area contributed by atoms with E-state index in [2.05, 4.69) is 5.43 Å². The molecule has 4 aliphatic rings. The van der Waals surface area contributed by atoms with Gasteiger partial charge in [0, 0.05) is 5.92 Å². The van der Waals surface area contributed by atoms with Crippen molar-refractivity contribution >= 4 is 53.7 Å². The molecule has 0 aromatic heterocycles. The summed E-state index contributed by atoms with van der Waals surface area (Å²) in [4.78, 5) is 59.9. The molecule has 2 heterocycles. The van der Waals surface area contributed by atoms with E-state index in [9.17, 15) is 29.5 Å². The highest BCUT2D eigenvalue weighted by atomic mass is 16.5. The number of methoxy groups -OCH3 is 2. The average Bonchev–Trinajstić information content (AvgIpc) is 3.59. The second-order valence-electron chi connectivity index (χ2n) is 14.7. The molecule has 13 heteroatoms. The van der Waals surface area contributed by atoms with Crippen molar-refractivity contribution in [1.82, 2.24) is 5.01 Å². The number of benzene rings is 4. The number of imide groups is 2. The van der Waals surface area contributed by atoms with Crippen LogP contribution in [-0.4, -0.2) is 65.1 Å². The monoisotopic (exact) mass is 753 g/mol. The topological polar surface area (TPSA) is 166 Å². The zero-order valence-electron chi connectivity index (χ0n) is 31.0. The number of allylic oxidation sites excluding steroid dienone is 3. The standard InChI is InChI=1S/C43H40BN3O9/c1-24-12-15-28(16-13-24)45-47-40(50)34-23-32-30(17-18-31-37(32)41(51)46(39(31)49)29-11-7-10-27(22-29)44(53)54)33(43(34,42(47)52)26-8-5-4-6-9-26)19-14-25-20-35(55-2)38(48)36(21-25)56-3/h4-17,19-22,31-34,37,45,48,53-54H,18,23H2,1-3H3/t31-,32+,33-,34-,37-,43-/m0/s1. The van der Waals surface area contributed by atoms with Crippen molar-refractivity contribution < 1.29 is 43.8 Å². The summed E-state index contributed by atoms with van der Waals surface area (Å²) in [7, 11) is 1.05. The van der Waals surface area contributed by atoms with Crippen molar-refractivity contribution in [2.75, 3.05) is 24.5 Å². The van der Waals surface area contributed by atoms with E-state index in [0.29, 0.717) is 16.8 Å². The average molecular weight is 754 g/mol. The second-order valence-corrected chi connectivity index (χ2v) is 14.7. The van der Waals surface area contributed by atoms with Crippen LogP contribution in [0.5, 0.6) is 17.2 Å². The lowest BCUT2D eigenvalue weighted by molar-refractivity contribution is -0.139. The number of ether oxygens (including phenoxy) is 2. The normalized spacial score (nSPS) is 25.5. The Morgan fingerprint density at radius 3 is 2.20 bits per heavy atom. The van der Waals surface area contributed by atoms with E-state index in [4.69, 9.17) is 9.47 Å². The summed E-state index contributed by atoms with van der Waals surface area (Å²) in [5.41, 5.74) is 5.53. The Labute approximate surface area is 323 Å². The van der Waals surface area contributed by atoms with E-state index in [1.165, 1.54) is 26.4 Å². The molecule has 1 saturated carbocycles. The van der Waals surface area contributed by atoms with E-state index in [1.807, 2.05) is 61.5 Å². The lowest BCUT2D eigenvalue weighted by Gasteiger charge is -2.49. The number of rotatable bonds is 9. The minimum absolute atomic E-state index is 0.117. The van der Waals surface area contributed by atoms with Crippen LogP contribution in [0.3, 0.4) is 0 Å². The molecule has 0 bridgehead atoms.